The van der Waals surface area contributed by atoms with Gasteiger partial charge < -0.3 is 5.32 Å². The van der Waals surface area contributed by atoms with Crippen LogP contribution in [0.25, 0.3) is 11.4 Å². The molecule has 0 atom stereocenters. The van der Waals surface area contributed by atoms with Crippen LogP contribution in [0.2, 0.25) is 5.02 Å². The topological polar surface area (TPSA) is 70.7 Å². The Bertz CT molecular complexity index is 871. The van der Waals surface area contributed by atoms with E-state index in [-0.39, 0.29) is 11.7 Å². The lowest BCUT2D eigenvalue weighted by molar-refractivity contribution is -0.113. The summed E-state index contributed by atoms with van der Waals surface area (Å²) >= 11 is 10.8. The SMILES string of the molecule is O=C(CSc1n[nH]c(-c2ccccc2Cl)n1)Nc1ccccc1Br. The predicted octanol–water partition coefficient (Wildman–Crippen LogP) is 4.62. The number of para-hydroxylation sites is 1. The summed E-state index contributed by atoms with van der Waals surface area (Å²) in [6.07, 6.45) is 0. The first-order valence-electron chi connectivity index (χ1n) is 6.98. The quantitative estimate of drug-likeness (QED) is 0.588. The minimum absolute atomic E-state index is 0.129. The average Bonchev–Trinajstić information content (AvgIpc) is 3.04. The van der Waals surface area contributed by atoms with Gasteiger partial charge in [-0.3, -0.25) is 9.89 Å². The van der Waals surface area contributed by atoms with Crippen molar-refractivity contribution in [2.75, 3.05) is 11.1 Å². The molecular formula is C16H12BrClN4OS. The lowest BCUT2D eigenvalue weighted by Gasteiger charge is -2.05. The van der Waals surface area contributed by atoms with Crippen LogP contribution >= 0.6 is 39.3 Å². The molecular weight excluding hydrogens is 412 g/mol. The van der Waals surface area contributed by atoms with Crippen LogP contribution in [0, 0.1) is 0 Å². The Hall–Kier alpha value is -1.83. The number of carbonyl (C=O) groups excluding carboxylic acids is 1. The number of hydrogen-bond acceptors (Lipinski definition) is 4. The molecule has 0 saturated heterocycles. The van der Waals surface area contributed by atoms with E-state index < -0.39 is 0 Å². The Morgan fingerprint density at radius 3 is 2.75 bits per heavy atom. The number of amides is 1. The highest BCUT2D eigenvalue weighted by Gasteiger charge is 2.11. The Kier molecular flexibility index (Phi) is 5.55. The molecule has 0 bridgehead atoms. The van der Waals surface area contributed by atoms with E-state index in [1.165, 1.54) is 11.8 Å². The van der Waals surface area contributed by atoms with Gasteiger partial charge in [-0.05, 0) is 40.2 Å². The van der Waals surface area contributed by atoms with Gasteiger partial charge in [0.1, 0.15) is 0 Å². The van der Waals surface area contributed by atoms with Crippen LogP contribution in [0.5, 0.6) is 0 Å². The van der Waals surface area contributed by atoms with Crippen molar-refractivity contribution in [1.29, 1.82) is 0 Å². The molecule has 1 heterocycles. The molecule has 2 N–H and O–H groups in total. The van der Waals surface area contributed by atoms with Gasteiger partial charge in [-0.25, -0.2) is 4.98 Å². The van der Waals surface area contributed by atoms with Crippen molar-refractivity contribution in [2.45, 2.75) is 5.16 Å². The number of H-pyrrole nitrogens is 1. The summed E-state index contributed by atoms with van der Waals surface area (Å²) in [7, 11) is 0. The van der Waals surface area contributed by atoms with Crippen molar-refractivity contribution in [3.63, 3.8) is 0 Å². The zero-order valence-corrected chi connectivity index (χ0v) is 15.5. The molecule has 3 aromatic rings. The molecule has 0 aliphatic rings. The summed E-state index contributed by atoms with van der Waals surface area (Å²) in [6.45, 7) is 0. The monoisotopic (exact) mass is 422 g/mol. The third-order valence-electron chi connectivity index (χ3n) is 3.07. The van der Waals surface area contributed by atoms with Gasteiger partial charge in [0.15, 0.2) is 5.82 Å². The van der Waals surface area contributed by atoms with E-state index in [4.69, 9.17) is 11.6 Å². The second-order valence-corrected chi connectivity index (χ2v) is 6.97. The fourth-order valence-electron chi connectivity index (χ4n) is 1.96. The van der Waals surface area contributed by atoms with Crippen LogP contribution in [0.4, 0.5) is 5.69 Å². The second-order valence-electron chi connectivity index (χ2n) is 4.76. The van der Waals surface area contributed by atoms with Gasteiger partial charge in [0.2, 0.25) is 11.1 Å². The first-order valence-corrected chi connectivity index (χ1v) is 9.13. The van der Waals surface area contributed by atoms with Crippen LogP contribution in [0.3, 0.4) is 0 Å². The molecule has 5 nitrogen and oxygen atoms in total. The minimum atomic E-state index is -0.129. The Labute approximate surface area is 156 Å². The molecule has 0 fully saturated rings. The lowest BCUT2D eigenvalue weighted by atomic mass is 10.2. The minimum Gasteiger partial charge on any atom is -0.324 e. The Morgan fingerprint density at radius 1 is 1.21 bits per heavy atom. The van der Waals surface area contributed by atoms with Crippen LogP contribution in [0.1, 0.15) is 0 Å². The molecule has 2 aromatic carbocycles. The first kappa shape index (κ1) is 17.0. The number of anilines is 1. The maximum absolute atomic E-state index is 12.0. The van der Waals surface area contributed by atoms with E-state index in [1.54, 1.807) is 6.07 Å². The van der Waals surface area contributed by atoms with Gasteiger partial charge in [-0.1, -0.05) is 47.6 Å². The van der Waals surface area contributed by atoms with Crippen LogP contribution in [-0.2, 0) is 4.79 Å². The summed E-state index contributed by atoms with van der Waals surface area (Å²) < 4.78 is 0.835. The summed E-state index contributed by atoms with van der Waals surface area (Å²) in [5.74, 6) is 0.659. The standard InChI is InChI=1S/C16H12BrClN4OS/c17-11-6-2-4-8-13(11)19-14(23)9-24-16-20-15(21-22-16)10-5-1-3-7-12(10)18/h1-8H,9H2,(H,19,23)(H,20,21,22). The zero-order chi connectivity index (χ0) is 16.9. The van der Waals surface area contributed by atoms with E-state index >= 15 is 0 Å². The largest absolute Gasteiger partial charge is 0.324 e. The van der Waals surface area contributed by atoms with Crippen molar-refractivity contribution < 1.29 is 4.79 Å². The van der Waals surface area contributed by atoms with Crippen LogP contribution < -0.4 is 5.32 Å². The number of thioether (sulfide) groups is 1. The summed E-state index contributed by atoms with van der Waals surface area (Å²) in [4.78, 5) is 16.4. The number of benzene rings is 2. The molecule has 24 heavy (non-hydrogen) atoms. The van der Waals surface area contributed by atoms with E-state index in [2.05, 4.69) is 36.4 Å². The highest BCUT2D eigenvalue weighted by molar-refractivity contribution is 9.10. The Morgan fingerprint density at radius 2 is 1.96 bits per heavy atom. The van der Waals surface area contributed by atoms with Crippen molar-refractivity contribution in [3.05, 3.63) is 58.0 Å². The molecule has 0 saturated carbocycles. The third kappa shape index (κ3) is 4.17. The summed E-state index contributed by atoms with van der Waals surface area (Å²) in [6, 6.07) is 14.8. The van der Waals surface area contributed by atoms with Crippen molar-refractivity contribution in [1.82, 2.24) is 15.2 Å². The zero-order valence-electron chi connectivity index (χ0n) is 12.3. The number of nitrogens with one attached hydrogen (secondary N) is 2. The predicted molar refractivity (Wildman–Crippen MR) is 100 cm³/mol. The second kappa shape index (κ2) is 7.83. The fraction of sp³-hybridized carbons (Fsp3) is 0.0625. The molecule has 0 unspecified atom stereocenters. The molecule has 8 heteroatoms. The van der Waals surface area contributed by atoms with Gasteiger partial charge in [0.05, 0.1) is 16.5 Å². The van der Waals surface area contributed by atoms with Crippen molar-refractivity contribution >= 4 is 50.9 Å². The van der Waals surface area contributed by atoms with Gasteiger partial charge in [-0.15, -0.1) is 5.10 Å². The molecule has 122 valence electrons. The van der Waals surface area contributed by atoms with Crippen LogP contribution in [0.15, 0.2) is 58.2 Å². The Balaban J connectivity index is 1.61. The maximum Gasteiger partial charge on any atom is 0.234 e. The normalized spacial score (nSPS) is 10.6. The highest BCUT2D eigenvalue weighted by atomic mass is 79.9. The highest BCUT2D eigenvalue weighted by Crippen LogP contribution is 2.26. The molecule has 1 aromatic heterocycles. The van der Waals surface area contributed by atoms with Crippen LogP contribution in [-0.4, -0.2) is 26.8 Å². The molecule has 0 aliphatic heterocycles. The lowest BCUT2D eigenvalue weighted by Crippen LogP contribution is -2.14. The van der Waals surface area contributed by atoms with Gasteiger partial charge in [0, 0.05) is 10.0 Å². The number of aromatic amines is 1. The molecule has 0 spiro atoms. The number of halogens is 2. The molecule has 1 amide bonds. The summed E-state index contributed by atoms with van der Waals surface area (Å²) in [5.41, 5.74) is 1.51. The average molecular weight is 424 g/mol. The fourth-order valence-corrected chi connectivity index (χ4v) is 3.17. The third-order valence-corrected chi connectivity index (χ3v) is 4.94. The number of nitrogens with zero attached hydrogens (tertiary/aromatic N) is 2. The number of rotatable bonds is 5. The van der Waals surface area contributed by atoms with Gasteiger partial charge in [0.25, 0.3) is 0 Å². The number of aromatic nitrogens is 3. The number of carbonyl (C=O) groups is 1. The van der Waals surface area contributed by atoms with E-state index in [9.17, 15) is 4.79 Å². The van der Waals surface area contributed by atoms with Crippen molar-refractivity contribution in [2.24, 2.45) is 0 Å². The van der Waals surface area contributed by atoms with E-state index in [0.29, 0.717) is 16.0 Å². The van der Waals surface area contributed by atoms with Gasteiger partial charge in [-0.2, -0.15) is 0 Å². The van der Waals surface area contributed by atoms with E-state index in [0.717, 1.165) is 15.7 Å². The molecule has 3 rings (SSSR count). The van der Waals surface area contributed by atoms with E-state index in [1.807, 2.05) is 42.5 Å². The van der Waals surface area contributed by atoms with Gasteiger partial charge >= 0.3 is 0 Å². The molecule has 0 radical (unpaired) electrons. The number of hydrogen-bond donors (Lipinski definition) is 2. The summed E-state index contributed by atoms with van der Waals surface area (Å²) in [5, 5.41) is 10.9. The smallest absolute Gasteiger partial charge is 0.234 e. The first-order chi connectivity index (χ1) is 11.6. The molecule has 0 aliphatic carbocycles. The maximum atomic E-state index is 12.0. The van der Waals surface area contributed by atoms with Crippen molar-refractivity contribution in [3.8, 4) is 11.4 Å².